The number of halogens is 3. The minimum absolute atomic E-state index is 0.305. The predicted molar refractivity (Wildman–Crippen MR) is 70.8 cm³/mol. The van der Waals surface area contributed by atoms with Crippen LogP contribution in [0.1, 0.15) is 5.56 Å². The summed E-state index contributed by atoms with van der Waals surface area (Å²) in [7, 11) is 0. The summed E-state index contributed by atoms with van der Waals surface area (Å²) in [6.45, 7) is 0.573. The Kier molecular flexibility index (Phi) is 4.05. The number of benzene rings is 1. The molecule has 1 aromatic heterocycles. The second-order valence-corrected chi connectivity index (χ2v) is 4.46. The van der Waals surface area contributed by atoms with Crippen molar-refractivity contribution in [3.63, 3.8) is 0 Å². The summed E-state index contributed by atoms with van der Waals surface area (Å²) >= 11 is 17.6. The third-order valence-electron chi connectivity index (χ3n) is 2.14. The van der Waals surface area contributed by atoms with E-state index in [0.717, 1.165) is 5.56 Å². The van der Waals surface area contributed by atoms with Crippen molar-refractivity contribution < 1.29 is 0 Å². The predicted octanol–water partition coefficient (Wildman–Crippen LogP) is 4.05. The highest BCUT2D eigenvalue weighted by Crippen LogP contribution is 2.26. The Morgan fingerprint density at radius 2 is 1.53 bits per heavy atom. The summed E-state index contributed by atoms with van der Waals surface area (Å²) in [6.07, 6.45) is 1.32. The SMILES string of the molecule is Clc1ccc(CNc2c(Cl)ncnc2Cl)cc1. The Bertz CT molecular complexity index is 494. The molecule has 0 spiro atoms. The van der Waals surface area contributed by atoms with Crippen molar-refractivity contribution >= 4 is 40.5 Å². The zero-order chi connectivity index (χ0) is 12.3. The summed E-state index contributed by atoms with van der Waals surface area (Å²) in [4.78, 5) is 7.71. The Hall–Kier alpha value is -1.03. The molecule has 1 heterocycles. The van der Waals surface area contributed by atoms with Crippen LogP contribution in [0.4, 0.5) is 5.69 Å². The van der Waals surface area contributed by atoms with Gasteiger partial charge in [-0.15, -0.1) is 0 Å². The Labute approximate surface area is 114 Å². The van der Waals surface area contributed by atoms with E-state index in [1.807, 2.05) is 24.3 Å². The van der Waals surface area contributed by atoms with E-state index in [-0.39, 0.29) is 0 Å². The fourth-order valence-electron chi connectivity index (χ4n) is 1.28. The van der Waals surface area contributed by atoms with Crippen LogP contribution in [0.2, 0.25) is 15.3 Å². The number of nitrogens with zero attached hydrogens (tertiary/aromatic N) is 2. The first-order chi connectivity index (χ1) is 8.16. The lowest BCUT2D eigenvalue weighted by Crippen LogP contribution is -2.02. The van der Waals surface area contributed by atoms with Gasteiger partial charge in [0.25, 0.3) is 0 Å². The smallest absolute Gasteiger partial charge is 0.157 e. The maximum Gasteiger partial charge on any atom is 0.157 e. The molecule has 3 nitrogen and oxygen atoms in total. The summed E-state index contributed by atoms with van der Waals surface area (Å²) in [5.74, 6) is 0. The zero-order valence-corrected chi connectivity index (χ0v) is 10.9. The molecule has 0 aliphatic carbocycles. The molecule has 88 valence electrons. The third-order valence-corrected chi connectivity index (χ3v) is 2.96. The van der Waals surface area contributed by atoms with Crippen LogP contribution in [0.15, 0.2) is 30.6 Å². The summed E-state index contributed by atoms with van der Waals surface area (Å²) in [5, 5.41) is 4.40. The minimum atomic E-state index is 0.305. The highest BCUT2D eigenvalue weighted by atomic mass is 35.5. The number of nitrogens with one attached hydrogen (secondary N) is 1. The van der Waals surface area contributed by atoms with Crippen molar-refractivity contribution in [2.75, 3.05) is 5.32 Å². The van der Waals surface area contributed by atoms with Crippen LogP contribution in [0.5, 0.6) is 0 Å². The molecular weight excluding hydrogens is 281 g/mol. The largest absolute Gasteiger partial charge is 0.376 e. The molecule has 0 atom stereocenters. The van der Waals surface area contributed by atoms with E-state index in [4.69, 9.17) is 34.8 Å². The van der Waals surface area contributed by atoms with Gasteiger partial charge in [0.1, 0.15) is 12.0 Å². The molecule has 0 fully saturated rings. The van der Waals surface area contributed by atoms with Gasteiger partial charge in [-0.2, -0.15) is 0 Å². The van der Waals surface area contributed by atoms with Gasteiger partial charge in [-0.3, -0.25) is 0 Å². The molecule has 0 radical (unpaired) electrons. The van der Waals surface area contributed by atoms with Crippen LogP contribution in [-0.4, -0.2) is 9.97 Å². The lowest BCUT2D eigenvalue weighted by atomic mass is 10.2. The number of rotatable bonds is 3. The van der Waals surface area contributed by atoms with Crippen molar-refractivity contribution in [2.45, 2.75) is 6.54 Å². The van der Waals surface area contributed by atoms with Gasteiger partial charge < -0.3 is 5.32 Å². The molecule has 17 heavy (non-hydrogen) atoms. The number of anilines is 1. The van der Waals surface area contributed by atoms with Crippen molar-refractivity contribution in [3.8, 4) is 0 Å². The molecule has 0 aliphatic rings. The van der Waals surface area contributed by atoms with Crippen molar-refractivity contribution in [1.29, 1.82) is 0 Å². The number of hydrogen-bond donors (Lipinski definition) is 1. The zero-order valence-electron chi connectivity index (χ0n) is 8.62. The molecule has 1 N–H and O–H groups in total. The average Bonchev–Trinajstić information content (AvgIpc) is 2.31. The van der Waals surface area contributed by atoms with E-state index in [1.165, 1.54) is 6.33 Å². The molecule has 0 saturated heterocycles. The molecule has 0 aliphatic heterocycles. The van der Waals surface area contributed by atoms with Gasteiger partial charge in [-0.25, -0.2) is 9.97 Å². The topological polar surface area (TPSA) is 37.8 Å². The van der Waals surface area contributed by atoms with Crippen molar-refractivity contribution in [3.05, 3.63) is 51.5 Å². The fraction of sp³-hybridized carbons (Fsp3) is 0.0909. The first-order valence-corrected chi connectivity index (χ1v) is 5.94. The monoisotopic (exact) mass is 287 g/mol. The normalized spacial score (nSPS) is 10.3. The third kappa shape index (κ3) is 3.22. The average molecular weight is 289 g/mol. The van der Waals surface area contributed by atoms with Gasteiger partial charge in [-0.1, -0.05) is 46.9 Å². The minimum Gasteiger partial charge on any atom is -0.376 e. The van der Waals surface area contributed by atoms with Crippen LogP contribution in [-0.2, 0) is 6.54 Å². The standard InChI is InChI=1S/C11H8Cl3N3/c12-8-3-1-7(2-4-8)5-15-9-10(13)16-6-17-11(9)14/h1-4,6,15H,5H2. The van der Waals surface area contributed by atoms with Crippen LogP contribution in [0.3, 0.4) is 0 Å². The first-order valence-electron chi connectivity index (χ1n) is 4.81. The van der Waals surface area contributed by atoms with Crippen molar-refractivity contribution in [1.82, 2.24) is 9.97 Å². The van der Waals surface area contributed by atoms with Crippen LogP contribution in [0, 0.1) is 0 Å². The summed E-state index contributed by atoms with van der Waals surface area (Å²) in [6, 6.07) is 7.48. The highest BCUT2D eigenvalue weighted by molar-refractivity contribution is 6.37. The number of aromatic nitrogens is 2. The van der Waals surface area contributed by atoms with Gasteiger partial charge >= 0.3 is 0 Å². The Balaban J connectivity index is 2.10. The summed E-state index contributed by atoms with van der Waals surface area (Å²) < 4.78 is 0. The maximum absolute atomic E-state index is 5.90. The van der Waals surface area contributed by atoms with Gasteiger partial charge in [0.15, 0.2) is 10.3 Å². The molecule has 0 amide bonds. The van der Waals surface area contributed by atoms with Crippen LogP contribution < -0.4 is 5.32 Å². The quantitative estimate of drug-likeness (QED) is 0.866. The van der Waals surface area contributed by atoms with E-state index < -0.39 is 0 Å². The van der Waals surface area contributed by atoms with Gasteiger partial charge in [-0.05, 0) is 17.7 Å². The lowest BCUT2D eigenvalue weighted by Gasteiger charge is -2.08. The molecule has 0 bridgehead atoms. The molecule has 2 rings (SSSR count). The second kappa shape index (κ2) is 5.54. The van der Waals surface area contributed by atoms with E-state index in [0.29, 0.717) is 27.6 Å². The number of hydrogen-bond acceptors (Lipinski definition) is 3. The molecule has 1 aromatic carbocycles. The molecular formula is C11H8Cl3N3. The highest BCUT2D eigenvalue weighted by Gasteiger charge is 2.07. The Morgan fingerprint density at radius 3 is 2.12 bits per heavy atom. The molecule has 6 heteroatoms. The fourth-order valence-corrected chi connectivity index (χ4v) is 1.86. The van der Waals surface area contributed by atoms with E-state index in [9.17, 15) is 0 Å². The Morgan fingerprint density at radius 1 is 0.941 bits per heavy atom. The molecule has 0 unspecified atom stereocenters. The van der Waals surface area contributed by atoms with Gasteiger partial charge in [0, 0.05) is 11.6 Å². The van der Waals surface area contributed by atoms with E-state index in [2.05, 4.69) is 15.3 Å². The van der Waals surface area contributed by atoms with Gasteiger partial charge in [0.05, 0.1) is 0 Å². The van der Waals surface area contributed by atoms with E-state index >= 15 is 0 Å². The van der Waals surface area contributed by atoms with Crippen molar-refractivity contribution in [2.24, 2.45) is 0 Å². The maximum atomic E-state index is 5.90. The molecule has 0 saturated carbocycles. The van der Waals surface area contributed by atoms with Gasteiger partial charge in [0.2, 0.25) is 0 Å². The molecule has 2 aromatic rings. The van der Waals surface area contributed by atoms with E-state index in [1.54, 1.807) is 0 Å². The van der Waals surface area contributed by atoms with Crippen LogP contribution in [0.25, 0.3) is 0 Å². The second-order valence-electron chi connectivity index (χ2n) is 3.31. The van der Waals surface area contributed by atoms with Crippen LogP contribution >= 0.6 is 34.8 Å². The summed E-state index contributed by atoms with van der Waals surface area (Å²) in [5.41, 5.74) is 1.59. The first kappa shape index (κ1) is 12.4. The lowest BCUT2D eigenvalue weighted by molar-refractivity contribution is 1.10.